The van der Waals surface area contributed by atoms with E-state index in [4.69, 9.17) is 4.42 Å². The van der Waals surface area contributed by atoms with Crippen molar-refractivity contribution in [3.63, 3.8) is 0 Å². The number of piperidine rings is 1. The number of para-hydroxylation sites is 1. The summed E-state index contributed by atoms with van der Waals surface area (Å²) in [5.74, 6) is 0.528. The maximum atomic E-state index is 12.7. The van der Waals surface area contributed by atoms with Gasteiger partial charge in [-0.1, -0.05) is 23.3 Å². The van der Waals surface area contributed by atoms with Crippen LogP contribution in [-0.2, 0) is 4.79 Å². The monoisotopic (exact) mass is 365 g/mol. The van der Waals surface area contributed by atoms with Crippen LogP contribution in [0.4, 0.5) is 6.01 Å². The average molecular weight is 365 g/mol. The van der Waals surface area contributed by atoms with Gasteiger partial charge >= 0.3 is 6.01 Å². The molecule has 3 heterocycles. The third kappa shape index (κ3) is 2.97. The molecule has 2 N–H and O–H groups in total. The number of carbonyl (C=O) groups is 1. The van der Waals surface area contributed by atoms with Crippen LogP contribution in [-0.4, -0.2) is 45.1 Å². The molecule has 0 unspecified atom stereocenters. The second kappa shape index (κ2) is 6.11. The highest BCUT2D eigenvalue weighted by molar-refractivity contribution is 5.93. The minimum atomic E-state index is -0.394. The molecule has 1 amide bonds. The summed E-state index contributed by atoms with van der Waals surface area (Å²) in [7, 11) is 0. The van der Waals surface area contributed by atoms with Crippen LogP contribution in [0.1, 0.15) is 32.6 Å². The summed E-state index contributed by atoms with van der Waals surface area (Å²) in [6.07, 6.45) is 6.80. The zero-order chi connectivity index (χ0) is 18.4. The lowest BCUT2D eigenvalue weighted by molar-refractivity contribution is -0.133. The number of amides is 1. The minimum absolute atomic E-state index is 0.0948. The van der Waals surface area contributed by atoms with Crippen LogP contribution in [0.2, 0.25) is 0 Å². The number of fused-ring (bicyclic) bond motifs is 1. The van der Waals surface area contributed by atoms with E-state index in [1.165, 1.54) is 12.8 Å². The van der Waals surface area contributed by atoms with Gasteiger partial charge in [0.2, 0.25) is 5.91 Å². The smallest absolute Gasteiger partial charge is 0.316 e. The Kier molecular flexibility index (Phi) is 3.70. The van der Waals surface area contributed by atoms with E-state index >= 15 is 0 Å². The van der Waals surface area contributed by atoms with E-state index in [1.54, 1.807) is 0 Å². The van der Waals surface area contributed by atoms with Gasteiger partial charge in [0.25, 0.3) is 5.89 Å². The molecule has 3 aromatic rings. The van der Waals surface area contributed by atoms with Gasteiger partial charge in [-0.2, -0.15) is 0 Å². The van der Waals surface area contributed by atoms with Crippen LogP contribution >= 0.6 is 0 Å². The fourth-order valence-electron chi connectivity index (χ4n) is 4.04. The Morgan fingerprint density at radius 1 is 1.22 bits per heavy atom. The number of anilines is 1. The first-order valence-electron chi connectivity index (χ1n) is 9.59. The number of carbonyl (C=O) groups excluding carboxylic acids is 1. The number of aromatic nitrogens is 3. The van der Waals surface area contributed by atoms with Gasteiger partial charge in [-0.05, 0) is 44.1 Å². The van der Waals surface area contributed by atoms with Gasteiger partial charge < -0.3 is 19.6 Å². The van der Waals surface area contributed by atoms with Gasteiger partial charge in [0.05, 0.1) is 5.56 Å². The highest BCUT2D eigenvalue weighted by atomic mass is 16.4. The van der Waals surface area contributed by atoms with Crippen molar-refractivity contribution in [2.45, 2.75) is 38.6 Å². The van der Waals surface area contributed by atoms with Gasteiger partial charge in [-0.15, -0.1) is 5.10 Å². The molecule has 7 heteroatoms. The third-order valence-electron chi connectivity index (χ3n) is 6.05. The molecule has 140 valence electrons. The Bertz CT molecular complexity index is 977. The van der Waals surface area contributed by atoms with Gasteiger partial charge in [0.15, 0.2) is 0 Å². The lowest BCUT2D eigenvalue weighted by atomic mass is 9.93. The molecule has 0 radical (unpaired) electrons. The number of rotatable bonds is 4. The highest BCUT2D eigenvalue weighted by Gasteiger charge is 2.45. The van der Waals surface area contributed by atoms with E-state index < -0.39 is 6.04 Å². The second-order valence-corrected chi connectivity index (χ2v) is 7.85. The van der Waals surface area contributed by atoms with Crippen molar-refractivity contribution in [2.24, 2.45) is 5.41 Å². The fraction of sp³-hybridized carbons (Fsp3) is 0.450. The maximum Gasteiger partial charge on any atom is 0.316 e. The normalized spacial score (nSPS) is 19.4. The number of nitrogens with zero attached hydrogens (tertiary/aromatic N) is 3. The number of hydrogen-bond acceptors (Lipinski definition) is 5. The number of aromatic amines is 1. The fourth-order valence-corrected chi connectivity index (χ4v) is 4.04. The Labute approximate surface area is 157 Å². The van der Waals surface area contributed by atoms with Crippen LogP contribution in [0.5, 0.6) is 0 Å². The first-order valence-corrected chi connectivity index (χ1v) is 9.59. The maximum absolute atomic E-state index is 12.7. The first kappa shape index (κ1) is 16.4. The summed E-state index contributed by atoms with van der Waals surface area (Å²) >= 11 is 0. The number of nitrogens with one attached hydrogen (secondary N) is 2. The van der Waals surface area contributed by atoms with Crippen molar-refractivity contribution in [1.82, 2.24) is 20.1 Å². The molecule has 5 rings (SSSR count). The van der Waals surface area contributed by atoms with Crippen molar-refractivity contribution in [3.05, 3.63) is 30.5 Å². The molecule has 2 fully saturated rings. The Hall–Kier alpha value is -2.83. The van der Waals surface area contributed by atoms with Crippen molar-refractivity contribution in [2.75, 3.05) is 18.4 Å². The topological polar surface area (TPSA) is 87.0 Å². The van der Waals surface area contributed by atoms with Crippen LogP contribution in [0.3, 0.4) is 0 Å². The van der Waals surface area contributed by atoms with Crippen LogP contribution in [0.25, 0.3) is 22.4 Å². The zero-order valence-corrected chi connectivity index (χ0v) is 15.4. The largest absolute Gasteiger partial charge is 0.403 e. The molecular formula is C20H23N5O2. The second-order valence-electron chi connectivity index (χ2n) is 7.85. The molecule has 2 aliphatic rings. The molecule has 1 spiro atoms. The molecule has 1 saturated heterocycles. The van der Waals surface area contributed by atoms with E-state index in [2.05, 4.69) is 20.5 Å². The van der Waals surface area contributed by atoms with Gasteiger partial charge in [-0.3, -0.25) is 4.79 Å². The minimum Gasteiger partial charge on any atom is -0.403 e. The highest BCUT2D eigenvalue weighted by Crippen LogP contribution is 2.53. The van der Waals surface area contributed by atoms with E-state index in [9.17, 15) is 4.79 Å². The summed E-state index contributed by atoms with van der Waals surface area (Å²) < 4.78 is 5.76. The Morgan fingerprint density at radius 3 is 2.78 bits per heavy atom. The van der Waals surface area contributed by atoms with Crippen molar-refractivity contribution < 1.29 is 9.21 Å². The van der Waals surface area contributed by atoms with Crippen molar-refractivity contribution in [1.29, 1.82) is 0 Å². The predicted octanol–water partition coefficient (Wildman–Crippen LogP) is 3.42. The van der Waals surface area contributed by atoms with Gasteiger partial charge in [0.1, 0.15) is 6.04 Å². The number of hydrogen-bond donors (Lipinski definition) is 2. The lowest BCUT2D eigenvalue weighted by Crippen LogP contribution is -2.45. The molecule has 1 aliphatic heterocycles. The summed E-state index contributed by atoms with van der Waals surface area (Å²) in [6, 6.07) is 7.83. The average Bonchev–Trinajstić information content (AvgIpc) is 3.09. The zero-order valence-electron chi connectivity index (χ0n) is 15.4. The standard InChI is InChI=1S/C20H23N5O2/c1-13(18(26)25-10-8-20(6-7-20)9-11-25)22-19-24-23-17(27-19)15-12-21-16-5-3-2-4-14(15)16/h2-5,12-13,21H,6-11H2,1H3,(H,22,24)/t13-/m1/s1. The van der Waals surface area contributed by atoms with E-state index in [0.717, 1.165) is 42.4 Å². The number of benzene rings is 1. The Balaban J connectivity index is 1.27. The van der Waals surface area contributed by atoms with Gasteiger partial charge in [-0.25, -0.2) is 0 Å². The van der Waals surface area contributed by atoms with Crippen LogP contribution < -0.4 is 5.32 Å². The van der Waals surface area contributed by atoms with E-state index in [1.807, 2.05) is 42.3 Å². The first-order chi connectivity index (χ1) is 13.1. The summed E-state index contributed by atoms with van der Waals surface area (Å²) in [6.45, 7) is 3.56. The molecule has 1 aromatic carbocycles. The van der Waals surface area contributed by atoms with Crippen LogP contribution in [0, 0.1) is 5.41 Å². The Morgan fingerprint density at radius 2 is 2.00 bits per heavy atom. The van der Waals surface area contributed by atoms with Gasteiger partial charge in [0, 0.05) is 30.2 Å². The van der Waals surface area contributed by atoms with Crippen molar-refractivity contribution in [3.8, 4) is 11.5 Å². The SMILES string of the molecule is C[C@@H](Nc1nnc(-c2c[nH]c3ccccc23)o1)C(=O)N1CCC2(CC1)CC2. The van der Waals surface area contributed by atoms with Crippen LogP contribution in [0.15, 0.2) is 34.9 Å². The molecule has 1 atom stereocenters. The molecular weight excluding hydrogens is 342 g/mol. The number of likely N-dealkylation sites (tertiary alicyclic amines) is 1. The molecule has 2 aromatic heterocycles. The molecule has 1 saturated carbocycles. The molecule has 1 aliphatic carbocycles. The van der Waals surface area contributed by atoms with Crippen molar-refractivity contribution >= 4 is 22.8 Å². The summed E-state index contributed by atoms with van der Waals surface area (Å²) in [4.78, 5) is 17.9. The molecule has 27 heavy (non-hydrogen) atoms. The molecule has 0 bridgehead atoms. The quantitative estimate of drug-likeness (QED) is 0.740. The lowest BCUT2D eigenvalue weighted by Gasteiger charge is -2.33. The number of H-pyrrole nitrogens is 1. The summed E-state index contributed by atoms with van der Waals surface area (Å²) in [5.41, 5.74) is 2.44. The summed E-state index contributed by atoms with van der Waals surface area (Å²) in [5, 5.41) is 12.3. The van der Waals surface area contributed by atoms with E-state index in [0.29, 0.717) is 11.3 Å². The molecule has 7 nitrogen and oxygen atoms in total. The predicted molar refractivity (Wildman–Crippen MR) is 102 cm³/mol. The van der Waals surface area contributed by atoms with E-state index in [-0.39, 0.29) is 11.9 Å². The third-order valence-corrected chi connectivity index (χ3v) is 6.05.